The lowest BCUT2D eigenvalue weighted by Crippen LogP contribution is -2.34. The van der Waals surface area contributed by atoms with Gasteiger partial charge in [0.05, 0.1) is 16.2 Å². The molecule has 2 heterocycles. The second kappa shape index (κ2) is 5.54. The summed E-state index contributed by atoms with van der Waals surface area (Å²) in [4.78, 5) is 9.08. The molecule has 6 heteroatoms. The summed E-state index contributed by atoms with van der Waals surface area (Å²) >= 11 is 1.64. The van der Waals surface area contributed by atoms with Crippen molar-refractivity contribution in [1.29, 1.82) is 0 Å². The fraction of sp³-hybridized carbons (Fsp3) is 0.353. The number of nitrogens with two attached hydrogens (primary N) is 1. The highest BCUT2D eigenvalue weighted by atomic mass is 32.1. The predicted octanol–water partition coefficient (Wildman–Crippen LogP) is 3.90. The van der Waals surface area contributed by atoms with Gasteiger partial charge in [0.2, 0.25) is 0 Å². The fourth-order valence-electron chi connectivity index (χ4n) is 3.08. The number of benzene rings is 1. The van der Waals surface area contributed by atoms with E-state index in [0.717, 1.165) is 47.5 Å². The Morgan fingerprint density at radius 3 is 2.70 bits per heavy atom. The highest BCUT2D eigenvalue weighted by Crippen LogP contribution is 2.35. The number of aryl methyl sites for hydroxylation is 1. The maximum absolute atomic E-state index is 6.40. The molecule has 0 amide bonds. The molecule has 2 N–H and O–H groups in total. The van der Waals surface area contributed by atoms with E-state index in [1.54, 1.807) is 11.3 Å². The monoisotopic (exact) mass is 326 g/mol. The van der Waals surface area contributed by atoms with Crippen LogP contribution in [-0.4, -0.2) is 15.1 Å². The molecular formula is C17H18N4OS. The molecule has 1 saturated carbocycles. The first kappa shape index (κ1) is 14.5. The van der Waals surface area contributed by atoms with Crippen molar-refractivity contribution in [3.63, 3.8) is 0 Å². The Morgan fingerprint density at radius 1 is 1.17 bits per heavy atom. The van der Waals surface area contributed by atoms with E-state index in [1.807, 2.05) is 31.2 Å². The van der Waals surface area contributed by atoms with Crippen LogP contribution in [0.2, 0.25) is 0 Å². The average Bonchev–Trinajstić information content (AvgIpc) is 3.28. The molecule has 0 bridgehead atoms. The number of hydrogen-bond acceptors (Lipinski definition) is 6. The summed E-state index contributed by atoms with van der Waals surface area (Å²) in [5, 5.41) is 7.24. The van der Waals surface area contributed by atoms with Crippen molar-refractivity contribution in [2.24, 2.45) is 5.73 Å². The summed E-state index contributed by atoms with van der Waals surface area (Å²) in [6, 6.07) is 8.02. The van der Waals surface area contributed by atoms with Crippen LogP contribution in [0.1, 0.15) is 36.5 Å². The summed E-state index contributed by atoms with van der Waals surface area (Å²) in [6.07, 6.45) is 4.09. The SMILES string of the molecule is Cc1nc(-c2cccc(-c3nc(C4(N)CCCC4)no3)c2)cs1. The molecule has 0 radical (unpaired) electrons. The number of hydrogen-bond donors (Lipinski definition) is 1. The minimum absolute atomic E-state index is 0.425. The summed E-state index contributed by atoms with van der Waals surface area (Å²) < 4.78 is 5.47. The minimum Gasteiger partial charge on any atom is -0.334 e. The Bertz CT molecular complexity index is 832. The topological polar surface area (TPSA) is 77.8 Å². The first-order valence-corrected chi connectivity index (χ1v) is 8.68. The van der Waals surface area contributed by atoms with Crippen molar-refractivity contribution < 1.29 is 4.52 Å². The van der Waals surface area contributed by atoms with E-state index in [2.05, 4.69) is 20.5 Å². The molecule has 0 aliphatic heterocycles. The van der Waals surface area contributed by atoms with Crippen LogP contribution in [0.4, 0.5) is 0 Å². The molecule has 3 aromatic rings. The number of thiazole rings is 1. The smallest absolute Gasteiger partial charge is 0.258 e. The van der Waals surface area contributed by atoms with Gasteiger partial charge < -0.3 is 10.3 Å². The fourth-order valence-corrected chi connectivity index (χ4v) is 3.70. The Hall–Kier alpha value is -2.05. The van der Waals surface area contributed by atoms with Gasteiger partial charge in [-0.1, -0.05) is 30.1 Å². The Labute approximate surface area is 138 Å². The van der Waals surface area contributed by atoms with Crippen LogP contribution >= 0.6 is 11.3 Å². The molecule has 4 rings (SSSR count). The molecule has 0 unspecified atom stereocenters. The zero-order chi connectivity index (χ0) is 15.9. The molecule has 2 aromatic heterocycles. The molecule has 0 saturated heterocycles. The lowest BCUT2D eigenvalue weighted by molar-refractivity contribution is 0.372. The Morgan fingerprint density at radius 2 is 1.96 bits per heavy atom. The largest absolute Gasteiger partial charge is 0.334 e. The van der Waals surface area contributed by atoms with Crippen molar-refractivity contribution in [3.8, 4) is 22.7 Å². The zero-order valence-electron chi connectivity index (χ0n) is 13.0. The molecule has 23 heavy (non-hydrogen) atoms. The highest BCUT2D eigenvalue weighted by molar-refractivity contribution is 7.09. The lowest BCUT2D eigenvalue weighted by atomic mass is 9.98. The van der Waals surface area contributed by atoms with E-state index in [4.69, 9.17) is 10.3 Å². The second-order valence-corrected chi connectivity index (χ2v) is 7.18. The third-order valence-electron chi connectivity index (χ3n) is 4.39. The van der Waals surface area contributed by atoms with Crippen molar-refractivity contribution in [2.75, 3.05) is 0 Å². The van der Waals surface area contributed by atoms with Gasteiger partial charge in [0, 0.05) is 16.5 Å². The lowest BCUT2D eigenvalue weighted by Gasteiger charge is -2.17. The van der Waals surface area contributed by atoms with Gasteiger partial charge in [-0.15, -0.1) is 11.3 Å². The van der Waals surface area contributed by atoms with Crippen LogP contribution in [0.5, 0.6) is 0 Å². The van der Waals surface area contributed by atoms with Gasteiger partial charge in [-0.05, 0) is 31.9 Å². The average molecular weight is 326 g/mol. The van der Waals surface area contributed by atoms with Crippen molar-refractivity contribution in [2.45, 2.75) is 38.1 Å². The molecule has 118 valence electrons. The third-order valence-corrected chi connectivity index (χ3v) is 5.16. The van der Waals surface area contributed by atoms with Gasteiger partial charge in [0.1, 0.15) is 0 Å². The standard InChI is InChI=1S/C17H18N4OS/c1-11-19-14(10-23-11)12-5-4-6-13(9-12)15-20-16(21-22-15)17(18)7-2-3-8-17/h4-6,9-10H,2-3,7-8,18H2,1H3. The van der Waals surface area contributed by atoms with E-state index < -0.39 is 5.54 Å². The van der Waals surface area contributed by atoms with Crippen LogP contribution in [0.3, 0.4) is 0 Å². The Kier molecular flexibility index (Phi) is 3.50. The zero-order valence-corrected chi connectivity index (χ0v) is 13.8. The first-order valence-electron chi connectivity index (χ1n) is 7.80. The number of rotatable bonds is 3. The molecule has 1 fully saturated rings. The van der Waals surface area contributed by atoms with Gasteiger partial charge in [-0.25, -0.2) is 4.98 Å². The molecule has 1 aliphatic carbocycles. The third kappa shape index (κ3) is 2.68. The maximum atomic E-state index is 6.40. The van der Waals surface area contributed by atoms with Gasteiger partial charge in [0.15, 0.2) is 5.82 Å². The van der Waals surface area contributed by atoms with E-state index in [-0.39, 0.29) is 0 Å². The number of aromatic nitrogens is 3. The second-order valence-electron chi connectivity index (χ2n) is 6.12. The van der Waals surface area contributed by atoms with Gasteiger partial charge in [-0.3, -0.25) is 0 Å². The van der Waals surface area contributed by atoms with E-state index in [9.17, 15) is 0 Å². The molecular weight excluding hydrogens is 308 g/mol. The Balaban J connectivity index is 1.67. The minimum atomic E-state index is -0.425. The molecule has 5 nitrogen and oxygen atoms in total. The van der Waals surface area contributed by atoms with E-state index >= 15 is 0 Å². The first-order chi connectivity index (χ1) is 11.1. The maximum Gasteiger partial charge on any atom is 0.258 e. The number of nitrogens with zero attached hydrogens (tertiary/aromatic N) is 3. The van der Waals surface area contributed by atoms with E-state index in [0.29, 0.717) is 11.7 Å². The van der Waals surface area contributed by atoms with Gasteiger partial charge in [0.25, 0.3) is 5.89 Å². The molecule has 0 atom stereocenters. The van der Waals surface area contributed by atoms with Crippen LogP contribution in [0, 0.1) is 6.92 Å². The van der Waals surface area contributed by atoms with Crippen molar-refractivity contribution in [1.82, 2.24) is 15.1 Å². The summed E-state index contributed by atoms with van der Waals surface area (Å²) in [5.41, 5.74) is 8.90. The molecule has 1 aromatic carbocycles. The van der Waals surface area contributed by atoms with Gasteiger partial charge >= 0.3 is 0 Å². The van der Waals surface area contributed by atoms with Crippen molar-refractivity contribution in [3.05, 3.63) is 40.5 Å². The summed E-state index contributed by atoms with van der Waals surface area (Å²) in [5.74, 6) is 1.14. The molecule has 0 spiro atoms. The van der Waals surface area contributed by atoms with Gasteiger partial charge in [-0.2, -0.15) is 4.98 Å². The predicted molar refractivity (Wildman–Crippen MR) is 89.9 cm³/mol. The van der Waals surface area contributed by atoms with E-state index in [1.165, 1.54) is 0 Å². The van der Waals surface area contributed by atoms with Crippen LogP contribution in [-0.2, 0) is 5.54 Å². The molecule has 1 aliphatic rings. The van der Waals surface area contributed by atoms with Crippen LogP contribution in [0.25, 0.3) is 22.7 Å². The summed E-state index contributed by atoms with van der Waals surface area (Å²) in [6.45, 7) is 2.00. The highest BCUT2D eigenvalue weighted by Gasteiger charge is 2.36. The summed E-state index contributed by atoms with van der Waals surface area (Å²) in [7, 11) is 0. The quantitative estimate of drug-likeness (QED) is 0.790. The van der Waals surface area contributed by atoms with Crippen molar-refractivity contribution >= 4 is 11.3 Å². The van der Waals surface area contributed by atoms with Crippen LogP contribution in [0.15, 0.2) is 34.2 Å². The normalized spacial score (nSPS) is 16.8. The van der Waals surface area contributed by atoms with Crippen LogP contribution < -0.4 is 5.73 Å².